The first kappa shape index (κ1) is 34.8. The van der Waals surface area contributed by atoms with Crippen molar-refractivity contribution < 1.29 is 22.8 Å². The summed E-state index contributed by atoms with van der Waals surface area (Å²) < 4.78 is 26.0. The molecule has 0 amide bonds. The third-order valence-corrected chi connectivity index (χ3v) is 14.8. The molecule has 4 rings (SSSR count). The van der Waals surface area contributed by atoms with Gasteiger partial charge >= 0.3 is 0 Å². The summed E-state index contributed by atoms with van der Waals surface area (Å²) in [5.74, 6) is 1.86. The van der Waals surface area contributed by atoms with Crippen LogP contribution in [0, 0.1) is 45.3 Å². The number of hydrogen-bond donors (Lipinski definition) is 1. The van der Waals surface area contributed by atoms with E-state index < -0.39 is 39.1 Å². The molecule has 0 bridgehead atoms. The minimum atomic E-state index is -0.628. The lowest BCUT2D eigenvalue weighted by atomic mass is 9.42. The normalized spacial score (nSPS) is 36.4. The topological polar surface area (TPSA) is 57.2 Å². The molecule has 0 aromatic carbocycles. The van der Waals surface area contributed by atoms with Crippen molar-refractivity contribution in [2.45, 2.75) is 125 Å². The zero-order valence-corrected chi connectivity index (χ0v) is 34.4. The molecule has 0 spiro atoms. The smallest absolute Gasteiger partial charge is 0.161 e. The molecule has 3 unspecified atom stereocenters. The van der Waals surface area contributed by atoms with E-state index in [4.69, 9.17) is 17.7 Å². The van der Waals surface area contributed by atoms with Crippen LogP contribution in [0.1, 0.15) is 80.6 Å². The molecule has 9 heteroatoms. The molecule has 1 N–H and O–H groups in total. The Morgan fingerprint density at radius 1 is 0.857 bits per heavy atom. The van der Waals surface area contributed by atoms with E-state index in [-0.39, 0.29) is 40.3 Å². The van der Waals surface area contributed by atoms with Crippen molar-refractivity contribution in [3.63, 3.8) is 0 Å². The van der Waals surface area contributed by atoms with Gasteiger partial charge in [-0.3, -0.25) is 0 Å². The number of allylic oxidation sites excluding steroid dienone is 5. The zero-order valence-electron chi connectivity index (χ0n) is 28.7. The van der Waals surface area contributed by atoms with Crippen LogP contribution in [0.25, 0.3) is 0 Å². The summed E-state index contributed by atoms with van der Waals surface area (Å²) >= 11 is 0. The van der Waals surface area contributed by atoms with Gasteiger partial charge in [0.25, 0.3) is 0 Å². The second-order valence-corrected chi connectivity index (χ2v) is 18.7. The second kappa shape index (κ2) is 13.3. The fourth-order valence-electron chi connectivity index (χ4n) is 9.94. The van der Waals surface area contributed by atoms with E-state index in [2.05, 4.69) is 86.0 Å². The number of aliphatic hydroxyl groups excluding tert-OH is 1. The fourth-order valence-corrected chi connectivity index (χ4v) is 13.6. The molecule has 5 nitrogen and oxygen atoms in total. The lowest BCUT2D eigenvalue weighted by molar-refractivity contribution is -0.164. The first-order valence-corrected chi connectivity index (χ1v) is 25.0. The summed E-state index contributed by atoms with van der Waals surface area (Å²) in [6.45, 7) is 25.6. The lowest BCUT2D eigenvalue weighted by Gasteiger charge is -2.63. The predicted octanol–water partition coefficient (Wildman–Crippen LogP) is 4.93. The van der Waals surface area contributed by atoms with E-state index in [1.807, 2.05) is 6.92 Å². The standard InChI is InChI=1S/C33H62O5Si4/c1-20(34)24-14-15-25-23-13-12-21-18-22(30(2,3)28(35-39-8)36-40-9)19-27(31(4,5)29(37-41-10)38-42-11)33(21,7)26(23)16-17-32(24,25)6/h12-14,20,22,25-29,34H,15-19,39-42H2,1-11H3/t20?,22?,25-,26-,27?,32+,33-/m0/s1. The first-order valence-electron chi connectivity index (χ1n) is 17.0. The summed E-state index contributed by atoms with van der Waals surface area (Å²) in [4.78, 5) is 0. The van der Waals surface area contributed by atoms with Crippen molar-refractivity contribution in [2.75, 3.05) is 0 Å². The lowest BCUT2D eigenvalue weighted by Crippen LogP contribution is -2.58. The molecule has 4 aliphatic carbocycles. The fraction of sp³-hybridized carbons (Fsp3) is 0.818. The van der Waals surface area contributed by atoms with Crippen molar-refractivity contribution in [1.29, 1.82) is 0 Å². The van der Waals surface area contributed by atoms with E-state index in [1.54, 1.807) is 11.1 Å². The third-order valence-electron chi connectivity index (χ3n) is 12.2. The van der Waals surface area contributed by atoms with Crippen molar-refractivity contribution in [3.05, 3.63) is 34.9 Å². The van der Waals surface area contributed by atoms with Gasteiger partial charge in [-0.15, -0.1) is 0 Å². The number of rotatable bonds is 13. The molecule has 240 valence electrons. The molecule has 0 heterocycles. The minimum Gasteiger partial charge on any atom is -0.400 e. The third kappa shape index (κ3) is 5.81. The first-order chi connectivity index (χ1) is 19.7. The van der Waals surface area contributed by atoms with Crippen LogP contribution < -0.4 is 0 Å². The van der Waals surface area contributed by atoms with Gasteiger partial charge in [0.1, 0.15) is 12.6 Å². The van der Waals surface area contributed by atoms with Crippen molar-refractivity contribution >= 4 is 39.1 Å². The molecule has 2 fully saturated rings. The van der Waals surface area contributed by atoms with E-state index in [9.17, 15) is 5.11 Å². The summed E-state index contributed by atoms with van der Waals surface area (Å²) in [6, 6.07) is 0. The van der Waals surface area contributed by atoms with E-state index in [1.165, 1.54) is 12.0 Å². The average molecular weight is 651 g/mol. The highest BCUT2D eigenvalue weighted by Crippen LogP contribution is 2.69. The number of aliphatic hydroxyl groups is 1. The van der Waals surface area contributed by atoms with Gasteiger partial charge in [0, 0.05) is 10.8 Å². The summed E-state index contributed by atoms with van der Waals surface area (Å²) in [5.41, 5.74) is 4.41. The van der Waals surface area contributed by atoms with E-state index >= 15 is 0 Å². The molecule has 42 heavy (non-hydrogen) atoms. The van der Waals surface area contributed by atoms with Crippen LogP contribution in [-0.4, -0.2) is 62.8 Å². The average Bonchev–Trinajstić information content (AvgIpc) is 3.29. The molecule has 0 aromatic heterocycles. The molecule has 4 aliphatic rings. The van der Waals surface area contributed by atoms with Gasteiger partial charge in [0.05, 0.1) is 6.10 Å². The van der Waals surface area contributed by atoms with Crippen LogP contribution in [0.2, 0.25) is 26.2 Å². The van der Waals surface area contributed by atoms with E-state index in [0.717, 1.165) is 25.7 Å². The number of fused-ring (bicyclic) bond motifs is 5. The Morgan fingerprint density at radius 2 is 1.40 bits per heavy atom. The maximum Gasteiger partial charge on any atom is 0.161 e. The Balaban J connectivity index is 1.82. The molecular weight excluding hydrogens is 589 g/mol. The van der Waals surface area contributed by atoms with Gasteiger partial charge in [0.2, 0.25) is 0 Å². The van der Waals surface area contributed by atoms with Crippen LogP contribution in [0.3, 0.4) is 0 Å². The molecule has 2 saturated carbocycles. The van der Waals surface area contributed by atoms with Crippen LogP contribution in [-0.2, 0) is 17.7 Å². The van der Waals surface area contributed by atoms with Gasteiger partial charge < -0.3 is 22.8 Å². The summed E-state index contributed by atoms with van der Waals surface area (Å²) in [6.07, 6.45) is 12.4. The Labute approximate surface area is 266 Å². The second-order valence-electron chi connectivity index (χ2n) is 15.1. The maximum atomic E-state index is 10.7. The highest BCUT2D eigenvalue weighted by molar-refractivity contribution is 6.26. The quantitative estimate of drug-likeness (QED) is 0.174. The van der Waals surface area contributed by atoms with Crippen LogP contribution in [0.4, 0.5) is 0 Å². The molecule has 0 saturated heterocycles. The molecule has 0 aliphatic heterocycles. The van der Waals surface area contributed by atoms with Gasteiger partial charge in [-0.05, 0) is 79.1 Å². The van der Waals surface area contributed by atoms with Crippen LogP contribution in [0.5, 0.6) is 0 Å². The summed E-state index contributed by atoms with van der Waals surface area (Å²) in [5, 5.41) is 10.7. The Kier molecular flexibility index (Phi) is 11.0. The van der Waals surface area contributed by atoms with Crippen molar-refractivity contribution in [2.24, 2.45) is 45.3 Å². The van der Waals surface area contributed by atoms with Crippen LogP contribution in [0.15, 0.2) is 34.9 Å². The molecular formula is C33H62O5Si4. The van der Waals surface area contributed by atoms with E-state index in [0.29, 0.717) is 23.7 Å². The van der Waals surface area contributed by atoms with Crippen LogP contribution >= 0.6 is 0 Å². The predicted molar refractivity (Wildman–Crippen MR) is 186 cm³/mol. The molecule has 0 aromatic rings. The molecule has 0 radical (unpaired) electrons. The summed E-state index contributed by atoms with van der Waals surface area (Å²) in [7, 11) is -2.43. The van der Waals surface area contributed by atoms with Crippen molar-refractivity contribution in [1.82, 2.24) is 0 Å². The largest absolute Gasteiger partial charge is 0.400 e. The SMILES string of the molecule is C[SiH2]OC(O[SiH2]C)C(C)(C)C1CC2=CC=C3[C@@H]4CC=C(C(C)O)[C@@]4(C)CC[C@@H]3[C@@]2(C)C(C(C)(C)C(O[SiH2]C)O[SiH2]C)C1. The van der Waals surface area contributed by atoms with Gasteiger partial charge in [-0.1, -0.05) is 97.1 Å². The maximum absolute atomic E-state index is 10.7. The zero-order chi connectivity index (χ0) is 31.1. The Bertz CT molecular complexity index is 1040. The minimum absolute atomic E-state index is 0.0425. The molecule has 7 atom stereocenters. The van der Waals surface area contributed by atoms with Gasteiger partial charge in [-0.2, -0.15) is 0 Å². The Morgan fingerprint density at radius 3 is 1.93 bits per heavy atom. The Hall–Kier alpha value is -0.112. The van der Waals surface area contributed by atoms with Crippen molar-refractivity contribution in [3.8, 4) is 0 Å². The highest BCUT2D eigenvalue weighted by Gasteiger charge is 2.62. The monoisotopic (exact) mass is 650 g/mol. The van der Waals surface area contributed by atoms with Gasteiger partial charge in [0.15, 0.2) is 39.1 Å². The number of hydrogen-bond acceptors (Lipinski definition) is 5. The highest BCUT2D eigenvalue weighted by atomic mass is 28.2. The van der Waals surface area contributed by atoms with Gasteiger partial charge in [-0.25, -0.2) is 0 Å².